The van der Waals surface area contributed by atoms with Gasteiger partial charge < -0.3 is 5.73 Å². The Morgan fingerprint density at radius 3 is 2.19 bits per heavy atom. The molecule has 2 aromatic rings. The molecule has 1 heterocycles. The van der Waals surface area contributed by atoms with Crippen LogP contribution in [-0.2, 0) is 0 Å². The molecule has 0 atom stereocenters. The van der Waals surface area contributed by atoms with Crippen molar-refractivity contribution in [2.45, 2.75) is 0 Å². The number of benzene rings is 1. The number of nitrogen functional groups attached to an aromatic ring is 1. The van der Waals surface area contributed by atoms with Crippen molar-refractivity contribution in [1.29, 1.82) is 0 Å². The number of hydrogen-bond acceptors (Lipinski definition) is 2. The first-order chi connectivity index (χ1) is 7.58. The van der Waals surface area contributed by atoms with Crippen molar-refractivity contribution in [3.63, 3.8) is 0 Å². The van der Waals surface area contributed by atoms with Crippen LogP contribution in [0, 0.1) is 17.5 Å². The van der Waals surface area contributed by atoms with Gasteiger partial charge in [0.25, 0.3) is 0 Å². The van der Waals surface area contributed by atoms with E-state index in [1.54, 1.807) is 0 Å². The summed E-state index contributed by atoms with van der Waals surface area (Å²) in [5.41, 5.74) is 4.85. The van der Waals surface area contributed by atoms with E-state index in [0.717, 1.165) is 24.3 Å². The van der Waals surface area contributed by atoms with E-state index < -0.39 is 23.1 Å². The lowest BCUT2D eigenvalue weighted by Crippen LogP contribution is -1.96. The number of halogens is 3. The smallest absolute Gasteiger partial charge is 0.149 e. The number of nitrogens with zero attached hydrogens (tertiary/aromatic N) is 1. The zero-order valence-electron chi connectivity index (χ0n) is 8.05. The quantitative estimate of drug-likeness (QED) is 0.756. The summed E-state index contributed by atoms with van der Waals surface area (Å²) in [6.07, 6.45) is 1.22. The van der Waals surface area contributed by atoms with E-state index in [0.29, 0.717) is 0 Å². The number of rotatable bonds is 1. The second kappa shape index (κ2) is 3.84. The second-order valence-electron chi connectivity index (χ2n) is 3.21. The van der Waals surface area contributed by atoms with E-state index in [2.05, 4.69) is 4.98 Å². The lowest BCUT2D eigenvalue weighted by molar-refractivity contribution is 0.592. The van der Waals surface area contributed by atoms with Crippen LogP contribution in [0.1, 0.15) is 0 Å². The predicted octanol–water partition coefficient (Wildman–Crippen LogP) is 2.75. The molecular formula is C11H7F3N2. The van der Waals surface area contributed by atoms with Gasteiger partial charge in [-0.3, -0.25) is 4.98 Å². The molecule has 0 saturated heterocycles. The molecule has 0 unspecified atom stereocenters. The predicted molar refractivity (Wildman–Crippen MR) is 54.0 cm³/mol. The van der Waals surface area contributed by atoms with Gasteiger partial charge in [0.05, 0.1) is 5.69 Å². The van der Waals surface area contributed by atoms with Gasteiger partial charge in [0.15, 0.2) is 0 Å². The van der Waals surface area contributed by atoms with Crippen molar-refractivity contribution in [2.75, 3.05) is 5.73 Å². The van der Waals surface area contributed by atoms with E-state index in [4.69, 9.17) is 5.73 Å². The molecule has 0 aliphatic rings. The number of nitrogens with two attached hydrogens (primary N) is 1. The lowest BCUT2D eigenvalue weighted by atomic mass is 10.1. The molecule has 1 aromatic carbocycles. The first kappa shape index (κ1) is 10.5. The van der Waals surface area contributed by atoms with Crippen molar-refractivity contribution in [1.82, 2.24) is 4.98 Å². The monoisotopic (exact) mass is 224 g/mol. The maximum absolute atomic E-state index is 13.1. The van der Waals surface area contributed by atoms with Gasteiger partial charge in [-0.05, 0) is 18.2 Å². The van der Waals surface area contributed by atoms with Crippen LogP contribution in [0.15, 0.2) is 30.5 Å². The van der Waals surface area contributed by atoms with Gasteiger partial charge >= 0.3 is 0 Å². The molecular weight excluding hydrogens is 217 g/mol. The minimum atomic E-state index is -0.888. The Bertz CT molecular complexity index is 517. The zero-order valence-corrected chi connectivity index (χ0v) is 8.05. The molecule has 2 N–H and O–H groups in total. The largest absolute Gasteiger partial charge is 0.394 e. The van der Waals surface area contributed by atoms with Crippen molar-refractivity contribution in [3.8, 4) is 11.3 Å². The van der Waals surface area contributed by atoms with Crippen molar-refractivity contribution < 1.29 is 13.2 Å². The molecule has 5 heteroatoms. The highest BCUT2D eigenvalue weighted by atomic mass is 19.1. The molecule has 0 saturated carbocycles. The molecule has 0 fully saturated rings. The van der Waals surface area contributed by atoms with E-state index in [-0.39, 0.29) is 11.3 Å². The zero-order chi connectivity index (χ0) is 11.7. The van der Waals surface area contributed by atoms with E-state index in [1.165, 1.54) is 6.20 Å². The molecule has 0 amide bonds. The topological polar surface area (TPSA) is 38.9 Å². The maximum atomic E-state index is 13.1. The third-order valence-electron chi connectivity index (χ3n) is 2.10. The van der Waals surface area contributed by atoms with Crippen LogP contribution in [0.3, 0.4) is 0 Å². The summed E-state index contributed by atoms with van der Waals surface area (Å²) in [6.45, 7) is 0. The van der Waals surface area contributed by atoms with Gasteiger partial charge in [0.1, 0.15) is 23.1 Å². The molecule has 82 valence electrons. The van der Waals surface area contributed by atoms with E-state index in [9.17, 15) is 13.2 Å². The molecule has 0 spiro atoms. The Hall–Kier alpha value is -2.04. The number of pyridine rings is 1. The minimum Gasteiger partial charge on any atom is -0.394 e. The van der Waals surface area contributed by atoms with Crippen LogP contribution in [0.4, 0.5) is 18.9 Å². The highest BCUT2D eigenvalue weighted by molar-refractivity contribution is 5.62. The Morgan fingerprint density at radius 2 is 1.62 bits per heavy atom. The average Bonchev–Trinajstić information content (AvgIpc) is 2.25. The molecule has 1 aromatic heterocycles. The van der Waals surface area contributed by atoms with Gasteiger partial charge in [0, 0.05) is 17.8 Å². The second-order valence-corrected chi connectivity index (χ2v) is 3.21. The van der Waals surface area contributed by atoms with Crippen LogP contribution in [-0.4, -0.2) is 4.98 Å². The number of anilines is 1. The third kappa shape index (κ3) is 1.84. The molecule has 0 aliphatic carbocycles. The van der Waals surface area contributed by atoms with Crippen LogP contribution in [0.5, 0.6) is 0 Å². The Labute approximate surface area is 89.5 Å². The van der Waals surface area contributed by atoms with Crippen LogP contribution >= 0.6 is 0 Å². The highest BCUT2D eigenvalue weighted by Crippen LogP contribution is 2.24. The molecule has 16 heavy (non-hydrogen) atoms. The Morgan fingerprint density at radius 1 is 1.00 bits per heavy atom. The Balaban J connectivity index is 2.57. The van der Waals surface area contributed by atoms with Gasteiger partial charge in [-0.1, -0.05) is 0 Å². The summed E-state index contributed by atoms with van der Waals surface area (Å²) in [6, 6.07) is 4.26. The summed E-state index contributed by atoms with van der Waals surface area (Å²) in [4.78, 5) is 3.81. The average molecular weight is 224 g/mol. The Kier molecular flexibility index (Phi) is 2.52. The van der Waals surface area contributed by atoms with Crippen LogP contribution in [0.25, 0.3) is 11.3 Å². The normalized spacial score (nSPS) is 10.4. The summed E-state index contributed by atoms with van der Waals surface area (Å²) in [5.74, 6) is -2.30. The fourth-order valence-electron chi connectivity index (χ4n) is 1.29. The van der Waals surface area contributed by atoms with Gasteiger partial charge in [-0.25, -0.2) is 13.2 Å². The SMILES string of the molecule is Nc1c(F)cc(-c2cc(F)ccn2)cc1F. The summed E-state index contributed by atoms with van der Waals surface area (Å²) >= 11 is 0. The maximum Gasteiger partial charge on any atom is 0.149 e. The van der Waals surface area contributed by atoms with Gasteiger partial charge in [-0.2, -0.15) is 0 Å². The fraction of sp³-hybridized carbons (Fsp3) is 0. The molecule has 0 bridgehead atoms. The van der Waals surface area contributed by atoms with E-state index >= 15 is 0 Å². The lowest BCUT2D eigenvalue weighted by Gasteiger charge is -2.04. The van der Waals surface area contributed by atoms with Crippen molar-refractivity contribution >= 4 is 5.69 Å². The minimum absolute atomic E-state index is 0.142. The van der Waals surface area contributed by atoms with E-state index in [1.807, 2.05) is 0 Å². The first-order valence-electron chi connectivity index (χ1n) is 4.44. The summed E-state index contributed by atoms with van der Waals surface area (Å²) in [7, 11) is 0. The van der Waals surface area contributed by atoms with Gasteiger partial charge in [-0.15, -0.1) is 0 Å². The molecule has 0 aliphatic heterocycles. The molecule has 2 nitrogen and oxygen atoms in total. The highest BCUT2D eigenvalue weighted by Gasteiger charge is 2.10. The standard InChI is InChI=1S/C11H7F3N2/c12-7-1-2-16-10(5-7)6-3-8(13)11(15)9(14)4-6/h1-5H,15H2. The fourth-order valence-corrected chi connectivity index (χ4v) is 1.29. The van der Waals surface area contributed by atoms with Gasteiger partial charge in [0.2, 0.25) is 0 Å². The third-order valence-corrected chi connectivity index (χ3v) is 2.10. The molecule has 0 radical (unpaired) electrons. The van der Waals surface area contributed by atoms with Crippen LogP contribution in [0.2, 0.25) is 0 Å². The summed E-state index contributed by atoms with van der Waals surface area (Å²) < 4.78 is 39.2. The first-order valence-corrected chi connectivity index (χ1v) is 4.44. The van der Waals surface area contributed by atoms with Crippen LogP contribution < -0.4 is 5.73 Å². The number of hydrogen-bond donors (Lipinski definition) is 1. The van der Waals surface area contributed by atoms with Crippen molar-refractivity contribution in [2.24, 2.45) is 0 Å². The van der Waals surface area contributed by atoms with Crippen molar-refractivity contribution in [3.05, 3.63) is 47.9 Å². The summed E-state index contributed by atoms with van der Waals surface area (Å²) in [5, 5.41) is 0. The number of aromatic nitrogens is 1. The molecule has 2 rings (SSSR count).